The molecule has 0 fully saturated rings. The molecule has 10 heteroatoms. The number of carboxylic acid groups (broad SMARTS) is 1. The van der Waals surface area contributed by atoms with Gasteiger partial charge >= 0.3 is 5.97 Å². The minimum Gasteiger partial charge on any atom is -0.496 e. The van der Waals surface area contributed by atoms with E-state index in [0.717, 1.165) is 17.7 Å². The first-order valence-corrected chi connectivity index (χ1v) is 12.3. The number of fused-ring (bicyclic) bond motifs is 1. The van der Waals surface area contributed by atoms with Crippen molar-refractivity contribution in [3.05, 3.63) is 65.9 Å². The van der Waals surface area contributed by atoms with Gasteiger partial charge in [0.2, 0.25) is 0 Å². The van der Waals surface area contributed by atoms with Crippen LogP contribution in [-0.4, -0.2) is 45.0 Å². The van der Waals surface area contributed by atoms with Crippen LogP contribution in [-0.2, 0) is 6.54 Å². The number of hydrogen-bond acceptors (Lipinski definition) is 7. The average Bonchev–Trinajstić information content (AvgIpc) is 3.24. The van der Waals surface area contributed by atoms with E-state index in [9.17, 15) is 19.6 Å². The van der Waals surface area contributed by atoms with Crippen LogP contribution in [0, 0.1) is 17.1 Å². The number of aromatic carboxylic acids is 1. The molecule has 0 amide bonds. The van der Waals surface area contributed by atoms with Gasteiger partial charge in [-0.3, -0.25) is 0 Å². The summed E-state index contributed by atoms with van der Waals surface area (Å²) in [6.45, 7) is 2.86. The summed E-state index contributed by atoms with van der Waals surface area (Å²) in [6.07, 6.45) is 2.37. The summed E-state index contributed by atoms with van der Waals surface area (Å²) < 4.78 is 21.1. The maximum absolute atomic E-state index is 14.1. The minimum absolute atomic E-state index is 0.268. The Labute approximate surface area is 211 Å². The molecule has 0 atom stereocenters. The van der Waals surface area contributed by atoms with Crippen molar-refractivity contribution < 1.29 is 19.0 Å². The number of carbonyl (C=O) groups is 1. The second kappa shape index (κ2) is 11.1. The van der Waals surface area contributed by atoms with Crippen molar-refractivity contribution in [1.82, 2.24) is 14.5 Å². The van der Waals surface area contributed by atoms with E-state index in [-0.39, 0.29) is 5.56 Å². The lowest BCUT2D eigenvalue weighted by Crippen LogP contribution is -2.12. The first kappa shape index (κ1) is 25.0. The number of halogens is 1. The van der Waals surface area contributed by atoms with Gasteiger partial charge in [-0.1, -0.05) is 13.0 Å². The summed E-state index contributed by atoms with van der Waals surface area (Å²) in [6, 6.07) is 13.5. The molecule has 0 aliphatic carbocycles. The highest BCUT2D eigenvalue weighted by Gasteiger charge is 2.15. The highest BCUT2D eigenvalue weighted by Crippen LogP contribution is 2.31. The number of anilines is 1. The number of hydrogen-bond donors (Lipinski definition) is 2. The molecular weight excluding hydrogens is 481 g/mol. The van der Waals surface area contributed by atoms with Crippen molar-refractivity contribution in [2.24, 2.45) is 0 Å². The van der Waals surface area contributed by atoms with Gasteiger partial charge in [0.05, 0.1) is 23.9 Å². The third kappa shape index (κ3) is 5.26. The molecule has 2 heterocycles. The van der Waals surface area contributed by atoms with Crippen LogP contribution < -0.4 is 10.1 Å². The van der Waals surface area contributed by atoms with Crippen LogP contribution in [0.3, 0.4) is 0 Å². The number of rotatable bonds is 10. The lowest BCUT2D eigenvalue weighted by Gasteiger charge is -2.11. The normalized spacial score (nSPS) is 10.8. The maximum Gasteiger partial charge on any atom is 0.336 e. The van der Waals surface area contributed by atoms with E-state index in [1.807, 2.05) is 13.0 Å². The summed E-state index contributed by atoms with van der Waals surface area (Å²) in [7, 11) is 1.46. The average molecular weight is 506 g/mol. The Bertz CT molecular complexity index is 1460. The monoisotopic (exact) mass is 505 g/mol. The van der Waals surface area contributed by atoms with E-state index in [4.69, 9.17) is 4.74 Å². The summed E-state index contributed by atoms with van der Waals surface area (Å²) in [5.74, 6) is 0.358. The SMILES string of the molecule is CCCSc1cc(-c2cc(NCCn3c(C#N)cc4c(OC)cc(F)cc43)ncn2)ccc1C(=O)O. The zero-order chi connectivity index (χ0) is 25.7. The fraction of sp³-hybridized carbons (Fsp3) is 0.231. The van der Waals surface area contributed by atoms with Crippen molar-refractivity contribution in [1.29, 1.82) is 5.26 Å². The zero-order valence-corrected chi connectivity index (χ0v) is 20.6. The van der Waals surface area contributed by atoms with Crippen molar-refractivity contribution in [2.75, 3.05) is 24.7 Å². The quantitative estimate of drug-likeness (QED) is 0.274. The third-order valence-corrected chi connectivity index (χ3v) is 6.82. The number of thioether (sulfide) groups is 1. The molecule has 0 radical (unpaired) electrons. The van der Waals surface area contributed by atoms with Crippen molar-refractivity contribution in [3.8, 4) is 23.1 Å². The van der Waals surface area contributed by atoms with E-state index in [0.29, 0.717) is 51.8 Å². The Morgan fingerprint density at radius 3 is 2.81 bits per heavy atom. The molecule has 0 aliphatic heterocycles. The number of nitrogens with one attached hydrogen (secondary N) is 1. The fourth-order valence-corrected chi connectivity index (χ4v) is 4.84. The highest BCUT2D eigenvalue weighted by molar-refractivity contribution is 7.99. The topological polar surface area (TPSA) is 113 Å². The summed E-state index contributed by atoms with van der Waals surface area (Å²) in [5.41, 5.74) is 2.68. The number of carboxylic acids is 1. The predicted molar refractivity (Wildman–Crippen MR) is 137 cm³/mol. The Kier molecular flexibility index (Phi) is 7.71. The summed E-state index contributed by atoms with van der Waals surface area (Å²) >= 11 is 1.50. The Hall–Kier alpha value is -4.10. The van der Waals surface area contributed by atoms with E-state index in [1.165, 1.54) is 37.3 Å². The van der Waals surface area contributed by atoms with Crippen LogP contribution >= 0.6 is 11.8 Å². The van der Waals surface area contributed by atoms with Crippen LogP contribution in [0.15, 0.2) is 53.7 Å². The van der Waals surface area contributed by atoms with Gasteiger partial charge in [0.25, 0.3) is 0 Å². The first-order valence-electron chi connectivity index (χ1n) is 11.3. The summed E-state index contributed by atoms with van der Waals surface area (Å²) in [5, 5.41) is 23.0. The van der Waals surface area contributed by atoms with Crippen molar-refractivity contribution in [3.63, 3.8) is 0 Å². The molecule has 0 saturated carbocycles. The molecule has 0 spiro atoms. The largest absolute Gasteiger partial charge is 0.496 e. The lowest BCUT2D eigenvalue weighted by atomic mass is 10.1. The highest BCUT2D eigenvalue weighted by atomic mass is 32.2. The molecule has 2 aromatic heterocycles. The number of methoxy groups -OCH3 is 1. The predicted octanol–water partition coefficient (Wildman–Crippen LogP) is 5.43. The minimum atomic E-state index is -0.961. The molecule has 184 valence electrons. The van der Waals surface area contributed by atoms with Gasteiger partial charge in [0, 0.05) is 41.1 Å². The molecule has 0 bridgehead atoms. The van der Waals surface area contributed by atoms with E-state index >= 15 is 0 Å². The van der Waals surface area contributed by atoms with E-state index in [1.54, 1.807) is 28.8 Å². The molecular formula is C26H24FN5O3S. The zero-order valence-electron chi connectivity index (χ0n) is 19.8. The molecule has 4 rings (SSSR count). The Morgan fingerprint density at radius 2 is 2.08 bits per heavy atom. The number of aromatic nitrogens is 3. The van der Waals surface area contributed by atoms with Gasteiger partial charge in [-0.15, -0.1) is 11.8 Å². The molecule has 36 heavy (non-hydrogen) atoms. The molecule has 0 aliphatic rings. The molecule has 2 N–H and O–H groups in total. The van der Waals surface area contributed by atoms with Crippen molar-refractivity contribution >= 4 is 34.5 Å². The van der Waals surface area contributed by atoms with Gasteiger partial charge < -0.3 is 19.7 Å². The van der Waals surface area contributed by atoms with Gasteiger partial charge in [0.15, 0.2) is 0 Å². The van der Waals surface area contributed by atoms with E-state index in [2.05, 4.69) is 21.4 Å². The molecule has 0 saturated heterocycles. The second-order valence-corrected chi connectivity index (χ2v) is 9.05. The van der Waals surface area contributed by atoms with Gasteiger partial charge in [-0.2, -0.15) is 5.26 Å². The van der Waals surface area contributed by atoms with Crippen LogP contribution in [0.1, 0.15) is 29.4 Å². The van der Waals surface area contributed by atoms with Gasteiger partial charge in [0.1, 0.15) is 35.5 Å². The maximum atomic E-state index is 14.1. The molecule has 0 unspecified atom stereocenters. The second-order valence-electron chi connectivity index (χ2n) is 7.91. The van der Waals surface area contributed by atoms with Crippen LogP contribution in [0.25, 0.3) is 22.2 Å². The van der Waals surface area contributed by atoms with Crippen LogP contribution in [0.4, 0.5) is 10.2 Å². The number of ether oxygens (including phenoxy) is 1. The molecule has 4 aromatic rings. The number of nitriles is 1. The first-order chi connectivity index (χ1) is 17.4. The Morgan fingerprint density at radius 1 is 1.25 bits per heavy atom. The van der Waals surface area contributed by atoms with Crippen LogP contribution in [0.2, 0.25) is 0 Å². The Balaban J connectivity index is 1.54. The van der Waals surface area contributed by atoms with Crippen molar-refractivity contribution in [2.45, 2.75) is 24.8 Å². The summed E-state index contributed by atoms with van der Waals surface area (Å²) in [4.78, 5) is 20.9. The molecule has 8 nitrogen and oxygen atoms in total. The standard InChI is InChI=1S/C26H24FN5O3S/c1-3-8-36-24-9-16(4-5-19(24)26(33)34)21-13-25(31-15-30-21)29-6-7-32-18(14-28)12-20-22(32)10-17(27)11-23(20)35-2/h4-5,9-13,15H,3,6-8H2,1-2H3,(H,33,34)(H,29,30,31). The number of nitrogens with zero attached hydrogens (tertiary/aromatic N) is 4. The molecule has 2 aromatic carbocycles. The lowest BCUT2D eigenvalue weighted by molar-refractivity contribution is 0.0693. The van der Waals surface area contributed by atoms with Crippen LogP contribution in [0.5, 0.6) is 5.75 Å². The number of benzene rings is 2. The smallest absolute Gasteiger partial charge is 0.336 e. The van der Waals surface area contributed by atoms with Gasteiger partial charge in [-0.05, 0) is 36.4 Å². The third-order valence-electron chi connectivity index (χ3n) is 5.56. The fourth-order valence-electron chi connectivity index (χ4n) is 3.89. The van der Waals surface area contributed by atoms with Gasteiger partial charge in [-0.25, -0.2) is 19.2 Å². The van der Waals surface area contributed by atoms with E-state index < -0.39 is 11.8 Å².